The Morgan fingerprint density at radius 1 is 1.44 bits per heavy atom. The highest BCUT2D eigenvalue weighted by atomic mass is 16.5. The second kappa shape index (κ2) is 6.66. The molecule has 0 aliphatic carbocycles. The molecule has 0 saturated carbocycles. The molecule has 2 heterocycles. The minimum absolute atomic E-state index is 0.349. The zero-order valence-electron chi connectivity index (χ0n) is 11.2. The summed E-state index contributed by atoms with van der Waals surface area (Å²) in [4.78, 5) is 2.29. The van der Waals surface area contributed by atoms with Crippen molar-refractivity contribution in [1.29, 1.82) is 0 Å². The van der Waals surface area contributed by atoms with Gasteiger partial charge in [0.15, 0.2) is 5.82 Å². The van der Waals surface area contributed by atoms with Crippen molar-refractivity contribution in [2.75, 3.05) is 37.7 Å². The molecule has 2 rings (SSSR count). The maximum Gasteiger partial charge on any atom is 0.151 e. The maximum absolute atomic E-state index is 5.56. The van der Waals surface area contributed by atoms with Crippen molar-refractivity contribution in [3.05, 3.63) is 17.8 Å². The molecule has 5 heteroatoms. The highest BCUT2D eigenvalue weighted by molar-refractivity contribution is 5.39. The summed E-state index contributed by atoms with van der Waals surface area (Å²) in [5, 5.41) is 11.9. The summed E-state index contributed by atoms with van der Waals surface area (Å²) in [6.45, 7) is 8.51. The molecule has 0 radical (unpaired) electrons. The molecule has 1 fully saturated rings. The van der Waals surface area contributed by atoms with Gasteiger partial charge in [-0.25, -0.2) is 0 Å². The van der Waals surface area contributed by atoms with Gasteiger partial charge in [0.25, 0.3) is 0 Å². The van der Waals surface area contributed by atoms with Gasteiger partial charge in [-0.1, -0.05) is 6.92 Å². The van der Waals surface area contributed by atoms with E-state index < -0.39 is 0 Å². The van der Waals surface area contributed by atoms with Crippen LogP contribution in [0.25, 0.3) is 0 Å². The normalized spacial score (nSPS) is 20.1. The Bertz CT molecular complexity index is 355. The standard InChI is InChI=1S/C13H22N4O/c1-3-6-14-9-12-10-18-8-7-17(12)13-5-4-11(2)15-16-13/h4-5,12,14H,3,6-10H2,1-2H3. The number of aromatic nitrogens is 2. The first kappa shape index (κ1) is 13.2. The van der Waals surface area contributed by atoms with E-state index in [1.807, 2.05) is 19.1 Å². The fraction of sp³-hybridized carbons (Fsp3) is 0.692. The van der Waals surface area contributed by atoms with Gasteiger partial charge in [-0.2, -0.15) is 5.10 Å². The predicted molar refractivity (Wildman–Crippen MR) is 71.9 cm³/mol. The Hall–Kier alpha value is -1.20. The molecule has 1 saturated heterocycles. The average molecular weight is 250 g/mol. The Morgan fingerprint density at radius 3 is 3.06 bits per heavy atom. The van der Waals surface area contributed by atoms with Crippen LogP contribution in [0.3, 0.4) is 0 Å². The van der Waals surface area contributed by atoms with Gasteiger partial charge in [0.1, 0.15) is 0 Å². The second-order valence-corrected chi connectivity index (χ2v) is 4.66. The number of aryl methyl sites for hydroxylation is 1. The van der Waals surface area contributed by atoms with Crippen molar-refractivity contribution >= 4 is 5.82 Å². The van der Waals surface area contributed by atoms with Gasteiger partial charge in [-0.15, -0.1) is 5.10 Å². The quantitative estimate of drug-likeness (QED) is 0.790. The van der Waals surface area contributed by atoms with Crippen LogP contribution in [0.1, 0.15) is 19.0 Å². The Kier molecular flexibility index (Phi) is 4.90. The first-order valence-corrected chi connectivity index (χ1v) is 6.66. The summed E-state index contributed by atoms with van der Waals surface area (Å²) in [5.41, 5.74) is 0.952. The third-order valence-electron chi connectivity index (χ3n) is 3.11. The molecule has 1 aliphatic heterocycles. The minimum Gasteiger partial charge on any atom is -0.377 e. The SMILES string of the molecule is CCCNCC1COCCN1c1ccc(C)nn1. The molecule has 0 spiro atoms. The van der Waals surface area contributed by atoms with Gasteiger partial charge in [-0.3, -0.25) is 0 Å². The molecule has 1 aliphatic rings. The smallest absolute Gasteiger partial charge is 0.151 e. The van der Waals surface area contributed by atoms with Crippen LogP contribution in [0.15, 0.2) is 12.1 Å². The van der Waals surface area contributed by atoms with Gasteiger partial charge in [0, 0.05) is 13.1 Å². The molecule has 18 heavy (non-hydrogen) atoms. The van der Waals surface area contributed by atoms with Crippen LogP contribution in [0.2, 0.25) is 0 Å². The van der Waals surface area contributed by atoms with E-state index in [1.165, 1.54) is 0 Å². The van der Waals surface area contributed by atoms with Gasteiger partial charge in [-0.05, 0) is 32.0 Å². The molecule has 5 nitrogen and oxygen atoms in total. The largest absolute Gasteiger partial charge is 0.377 e. The predicted octanol–water partition coefficient (Wildman–Crippen LogP) is 0.990. The maximum atomic E-state index is 5.56. The third kappa shape index (κ3) is 3.40. The number of rotatable bonds is 5. The molecule has 1 aromatic rings. The van der Waals surface area contributed by atoms with Crippen molar-refractivity contribution in [3.8, 4) is 0 Å². The summed E-state index contributed by atoms with van der Waals surface area (Å²) in [6.07, 6.45) is 1.15. The lowest BCUT2D eigenvalue weighted by molar-refractivity contribution is 0.0933. The fourth-order valence-electron chi connectivity index (χ4n) is 2.12. The number of ether oxygens (including phenoxy) is 1. The molecule has 1 N–H and O–H groups in total. The van der Waals surface area contributed by atoms with Crippen molar-refractivity contribution in [3.63, 3.8) is 0 Å². The molecule has 1 atom stereocenters. The monoisotopic (exact) mass is 250 g/mol. The number of anilines is 1. The lowest BCUT2D eigenvalue weighted by Gasteiger charge is -2.36. The van der Waals surface area contributed by atoms with Gasteiger partial charge >= 0.3 is 0 Å². The number of morpholine rings is 1. The van der Waals surface area contributed by atoms with Crippen LogP contribution >= 0.6 is 0 Å². The van der Waals surface area contributed by atoms with Crippen LogP contribution in [-0.2, 0) is 4.74 Å². The van der Waals surface area contributed by atoms with E-state index in [2.05, 4.69) is 27.3 Å². The molecule has 0 bridgehead atoms. The van der Waals surface area contributed by atoms with Gasteiger partial charge in [0.05, 0.1) is 24.9 Å². The van der Waals surface area contributed by atoms with E-state index in [1.54, 1.807) is 0 Å². The Morgan fingerprint density at radius 2 is 2.33 bits per heavy atom. The number of hydrogen-bond donors (Lipinski definition) is 1. The second-order valence-electron chi connectivity index (χ2n) is 4.66. The molecule has 0 aromatic carbocycles. The Labute approximate surface area is 109 Å². The Balaban J connectivity index is 2.00. The highest BCUT2D eigenvalue weighted by Crippen LogP contribution is 2.16. The van der Waals surface area contributed by atoms with Gasteiger partial charge in [0.2, 0.25) is 0 Å². The minimum atomic E-state index is 0.349. The van der Waals surface area contributed by atoms with E-state index in [0.717, 1.165) is 50.8 Å². The topological polar surface area (TPSA) is 50.3 Å². The van der Waals surface area contributed by atoms with Crippen molar-refractivity contribution < 1.29 is 4.74 Å². The lowest BCUT2D eigenvalue weighted by atomic mass is 10.2. The average Bonchev–Trinajstić information content (AvgIpc) is 2.41. The van der Waals surface area contributed by atoms with Crippen molar-refractivity contribution in [2.24, 2.45) is 0 Å². The van der Waals surface area contributed by atoms with Crippen LogP contribution in [-0.4, -0.2) is 49.1 Å². The fourth-order valence-corrected chi connectivity index (χ4v) is 2.12. The van der Waals surface area contributed by atoms with Crippen molar-refractivity contribution in [1.82, 2.24) is 15.5 Å². The number of hydrogen-bond acceptors (Lipinski definition) is 5. The number of nitrogens with one attached hydrogen (secondary N) is 1. The zero-order valence-corrected chi connectivity index (χ0v) is 11.2. The summed E-state index contributed by atoms with van der Waals surface area (Å²) < 4.78 is 5.56. The van der Waals surface area contributed by atoms with Gasteiger partial charge < -0.3 is 15.0 Å². The molecular formula is C13H22N4O. The van der Waals surface area contributed by atoms with E-state index in [0.29, 0.717) is 6.04 Å². The van der Waals surface area contributed by atoms with E-state index in [4.69, 9.17) is 4.74 Å². The van der Waals surface area contributed by atoms with E-state index in [-0.39, 0.29) is 0 Å². The van der Waals surface area contributed by atoms with E-state index in [9.17, 15) is 0 Å². The van der Waals surface area contributed by atoms with Crippen LogP contribution in [0, 0.1) is 6.92 Å². The van der Waals surface area contributed by atoms with E-state index >= 15 is 0 Å². The third-order valence-corrected chi connectivity index (χ3v) is 3.11. The summed E-state index contributed by atoms with van der Waals surface area (Å²) in [5.74, 6) is 0.951. The first-order chi connectivity index (χ1) is 8.81. The van der Waals surface area contributed by atoms with Crippen molar-refractivity contribution in [2.45, 2.75) is 26.3 Å². The van der Waals surface area contributed by atoms with Crippen LogP contribution < -0.4 is 10.2 Å². The first-order valence-electron chi connectivity index (χ1n) is 6.66. The molecule has 100 valence electrons. The molecular weight excluding hydrogens is 228 g/mol. The highest BCUT2D eigenvalue weighted by Gasteiger charge is 2.23. The summed E-state index contributed by atoms with van der Waals surface area (Å²) in [6, 6.07) is 4.40. The van der Waals surface area contributed by atoms with Crippen LogP contribution in [0.4, 0.5) is 5.82 Å². The molecule has 0 amide bonds. The summed E-state index contributed by atoms with van der Waals surface area (Å²) >= 11 is 0. The summed E-state index contributed by atoms with van der Waals surface area (Å²) in [7, 11) is 0. The number of nitrogens with zero attached hydrogens (tertiary/aromatic N) is 3. The zero-order chi connectivity index (χ0) is 12.8. The lowest BCUT2D eigenvalue weighted by Crippen LogP contribution is -2.51. The molecule has 1 unspecified atom stereocenters. The van der Waals surface area contributed by atoms with Crippen LogP contribution in [0.5, 0.6) is 0 Å². The molecule has 1 aromatic heterocycles.